The van der Waals surface area contributed by atoms with Crippen LogP contribution >= 0.6 is 0 Å². The van der Waals surface area contributed by atoms with Gasteiger partial charge in [-0.25, -0.2) is 4.63 Å². The SMILES string of the molecule is Cc1nonc1C1CCCN1C(=O)CC1CCN(C(C)C)CC1. The molecule has 1 aromatic heterocycles. The minimum Gasteiger partial charge on any atom is -0.334 e. The number of rotatable bonds is 4. The average molecular weight is 320 g/mol. The molecule has 0 radical (unpaired) electrons. The topological polar surface area (TPSA) is 62.5 Å². The lowest BCUT2D eigenvalue weighted by Crippen LogP contribution is -2.40. The zero-order valence-electron chi connectivity index (χ0n) is 14.5. The highest BCUT2D eigenvalue weighted by atomic mass is 16.6. The third kappa shape index (κ3) is 3.57. The van der Waals surface area contributed by atoms with Gasteiger partial charge in [-0.15, -0.1) is 0 Å². The van der Waals surface area contributed by atoms with Crippen LogP contribution in [0.4, 0.5) is 0 Å². The van der Waals surface area contributed by atoms with Crippen molar-refractivity contribution >= 4 is 5.91 Å². The number of carbonyl (C=O) groups excluding carboxylic acids is 1. The minimum absolute atomic E-state index is 0.0597. The van der Waals surface area contributed by atoms with Crippen molar-refractivity contribution in [3.05, 3.63) is 11.4 Å². The fourth-order valence-electron chi connectivity index (χ4n) is 3.93. The van der Waals surface area contributed by atoms with Gasteiger partial charge in [-0.2, -0.15) is 0 Å². The molecule has 2 aliphatic rings. The van der Waals surface area contributed by atoms with Crippen LogP contribution in [0.25, 0.3) is 0 Å². The van der Waals surface area contributed by atoms with Gasteiger partial charge in [-0.3, -0.25) is 4.79 Å². The van der Waals surface area contributed by atoms with E-state index < -0.39 is 0 Å². The molecule has 0 bridgehead atoms. The molecule has 3 heterocycles. The van der Waals surface area contributed by atoms with E-state index in [1.165, 1.54) is 0 Å². The highest BCUT2D eigenvalue weighted by molar-refractivity contribution is 5.77. The van der Waals surface area contributed by atoms with E-state index in [1.807, 2.05) is 11.8 Å². The number of hydrogen-bond acceptors (Lipinski definition) is 5. The van der Waals surface area contributed by atoms with Gasteiger partial charge in [0.25, 0.3) is 0 Å². The lowest BCUT2D eigenvalue weighted by atomic mass is 9.92. The third-order valence-corrected chi connectivity index (χ3v) is 5.42. The Balaban J connectivity index is 1.57. The molecule has 0 aromatic carbocycles. The van der Waals surface area contributed by atoms with E-state index in [9.17, 15) is 4.79 Å². The van der Waals surface area contributed by atoms with Gasteiger partial charge in [-0.05, 0) is 65.5 Å². The summed E-state index contributed by atoms with van der Waals surface area (Å²) in [6.45, 7) is 9.45. The molecule has 0 aliphatic carbocycles. The second-order valence-corrected chi connectivity index (χ2v) is 7.26. The molecule has 23 heavy (non-hydrogen) atoms. The molecule has 1 amide bonds. The molecule has 128 valence electrons. The van der Waals surface area contributed by atoms with Gasteiger partial charge in [0.15, 0.2) is 0 Å². The normalized spacial score (nSPS) is 23.8. The molecule has 6 heteroatoms. The van der Waals surface area contributed by atoms with E-state index in [0.717, 1.165) is 56.7 Å². The van der Waals surface area contributed by atoms with Crippen molar-refractivity contribution in [1.29, 1.82) is 0 Å². The second-order valence-electron chi connectivity index (χ2n) is 7.26. The maximum Gasteiger partial charge on any atom is 0.223 e. The molecular formula is C17H28N4O2. The summed E-state index contributed by atoms with van der Waals surface area (Å²) >= 11 is 0. The Hall–Kier alpha value is -1.43. The first-order valence-electron chi connectivity index (χ1n) is 8.89. The standard InChI is InChI=1S/C17H28N4O2/c1-12(2)20-9-6-14(7-10-20)11-16(22)21-8-4-5-15(21)17-13(3)18-23-19-17/h12,14-15H,4-11H2,1-3H3. The van der Waals surface area contributed by atoms with E-state index in [2.05, 4.69) is 29.1 Å². The van der Waals surface area contributed by atoms with E-state index in [0.29, 0.717) is 18.4 Å². The first-order chi connectivity index (χ1) is 11.1. The highest BCUT2D eigenvalue weighted by Gasteiger charge is 2.34. The van der Waals surface area contributed by atoms with Gasteiger partial charge in [0, 0.05) is 19.0 Å². The third-order valence-electron chi connectivity index (χ3n) is 5.42. The summed E-state index contributed by atoms with van der Waals surface area (Å²) in [6, 6.07) is 0.668. The predicted molar refractivity (Wildman–Crippen MR) is 86.8 cm³/mol. The Bertz CT molecular complexity index is 534. The van der Waals surface area contributed by atoms with Crippen LogP contribution in [0.2, 0.25) is 0 Å². The molecule has 0 saturated carbocycles. The van der Waals surface area contributed by atoms with Crippen molar-refractivity contribution in [3.8, 4) is 0 Å². The lowest BCUT2D eigenvalue weighted by molar-refractivity contribution is -0.133. The van der Waals surface area contributed by atoms with Crippen LogP contribution in [0.3, 0.4) is 0 Å². The van der Waals surface area contributed by atoms with Crippen molar-refractivity contribution in [2.24, 2.45) is 5.92 Å². The Morgan fingerprint density at radius 2 is 1.96 bits per heavy atom. The number of amides is 1. The molecule has 2 fully saturated rings. The molecule has 2 aliphatic heterocycles. The first kappa shape index (κ1) is 16.4. The summed E-state index contributed by atoms with van der Waals surface area (Å²) in [4.78, 5) is 17.3. The average Bonchev–Trinajstić information content (AvgIpc) is 3.15. The molecule has 6 nitrogen and oxygen atoms in total. The summed E-state index contributed by atoms with van der Waals surface area (Å²) in [6.07, 6.45) is 4.94. The number of hydrogen-bond donors (Lipinski definition) is 0. The number of carbonyl (C=O) groups is 1. The van der Waals surface area contributed by atoms with E-state index in [4.69, 9.17) is 4.63 Å². The number of nitrogens with zero attached hydrogens (tertiary/aromatic N) is 4. The van der Waals surface area contributed by atoms with Crippen LogP contribution in [0.1, 0.15) is 63.4 Å². The zero-order chi connectivity index (χ0) is 16.4. The fraction of sp³-hybridized carbons (Fsp3) is 0.824. The number of piperidine rings is 1. The Labute approximate surface area is 138 Å². The van der Waals surface area contributed by atoms with E-state index in [-0.39, 0.29) is 11.9 Å². The summed E-state index contributed by atoms with van der Waals surface area (Å²) in [5.41, 5.74) is 1.64. The molecular weight excluding hydrogens is 292 g/mol. The molecule has 0 N–H and O–H groups in total. The largest absolute Gasteiger partial charge is 0.334 e. The molecule has 3 rings (SSSR count). The van der Waals surface area contributed by atoms with Crippen LogP contribution < -0.4 is 0 Å². The van der Waals surface area contributed by atoms with Gasteiger partial charge >= 0.3 is 0 Å². The van der Waals surface area contributed by atoms with Crippen LogP contribution in [0.5, 0.6) is 0 Å². The van der Waals surface area contributed by atoms with Crippen molar-refractivity contribution in [2.75, 3.05) is 19.6 Å². The lowest BCUT2D eigenvalue weighted by Gasteiger charge is -2.35. The van der Waals surface area contributed by atoms with Crippen LogP contribution in [0.15, 0.2) is 4.63 Å². The van der Waals surface area contributed by atoms with Crippen LogP contribution in [-0.2, 0) is 4.79 Å². The monoisotopic (exact) mass is 320 g/mol. The maximum absolute atomic E-state index is 12.8. The molecule has 1 aromatic rings. The minimum atomic E-state index is 0.0597. The number of likely N-dealkylation sites (tertiary alicyclic amines) is 2. The smallest absolute Gasteiger partial charge is 0.223 e. The Kier molecular flexibility index (Phi) is 4.99. The quantitative estimate of drug-likeness (QED) is 0.853. The molecule has 1 unspecified atom stereocenters. The molecule has 2 saturated heterocycles. The number of aromatic nitrogens is 2. The Morgan fingerprint density at radius 3 is 2.57 bits per heavy atom. The summed E-state index contributed by atoms with van der Waals surface area (Å²) < 4.78 is 4.83. The van der Waals surface area contributed by atoms with Crippen LogP contribution in [0, 0.1) is 12.8 Å². The molecule has 1 atom stereocenters. The number of aryl methyl sites for hydroxylation is 1. The predicted octanol–water partition coefficient (Wildman–Crippen LogP) is 2.55. The first-order valence-corrected chi connectivity index (χ1v) is 8.89. The summed E-state index contributed by atoms with van der Waals surface area (Å²) in [5.74, 6) is 0.799. The highest BCUT2D eigenvalue weighted by Crippen LogP contribution is 2.34. The van der Waals surface area contributed by atoms with Crippen molar-refractivity contribution in [1.82, 2.24) is 20.1 Å². The molecule has 0 spiro atoms. The fourth-order valence-corrected chi connectivity index (χ4v) is 3.93. The van der Waals surface area contributed by atoms with Gasteiger partial charge < -0.3 is 9.80 Å². The second kappa shape index (κ2) is 6.99. The van der Waals surface area contributed by atoms with Crippen molar-refractivity contribution in [3.63, 3.8) is 0 Å². The van der Waals surface area contributed by atoms with Gasteiger partial charge in [0.05, 0.1) is 6.04 Å². The van der Waals surface area contributed by atoms with E-state index in [1.54, 1.807) is 0 Å². The van der Waals surface area contributed by atoms with Gasteiger partial charge in [0.1, 0.15) is 11.4 Å². The maximum atomic E-state index is 12.8. The van der Waals surface area contributed by atoms with Crippen LogP contribution in [-0.4, -0.2) is 51.7 Å². The summed E-state index contributed by atoms with van der Waals surface area (Å²) in [5, 5.41) is 7.89. The van der Waals surface area contributed by atoms with Gasteiger partial charge in [-0.1, -0.05) is 10.3 Å². The van der Waals surface area contributed by atoms with Gasteiger partial charge in [0.2, 0.25) is 5.91 Å². The summed E-state index contributed by atoms with van der Waals surface area (Å²) in [7, 11) is 0. The van der Waals surface area contributed by atoms with Crippen molar-refractivity contribution < 1.29 is 9.42 Å². The zero-order valence-corrected chi connectivity index (χ0v) is 14.5. The van der Waals surface area contributed by atoms with Crippen molar-refractivity contribution in [2.45, 2.75) is 65.0 Å². The Morgan fingerprint density at radius 1 is 1.22 bits per heavy atom. The van der Waals surface area contributed by atoms with E-state index >= 15 is 0 Å².